The van der Waals surface area contributed by atoms with Gasteiger partial charge in [-0.05, 0) is 48.9 Å². The second-order valence-electron chi connectivity index (χ2n) is 4.72. The summed E-state index contributed by atoms with van der Waals surface area (Å²) >= 11 is 1.32. The molecule has 0 aliphatic carbocycles. The Bertz CT molecular complexity index is 596. The maximum Gasteiger partial charge on any atom is 0.230 e. The highest BCUT2D eigenvalue weighted by atomic mass is 32.2. The number of aryl methyl sites for hydroxylation is 1. The summed E-state index contributed by atoms with van der Waals surface area (Å²) in [5, 5.41) is 15.0. The summed E-state index contributed by atoms with van der Waals surface area (Å²) in [6.07, 6.45) is 0. The van der Waals surface area contributed by atoms with E-state index in [2.05, 4.69) is 20.8 Å². The first-order chi connectivity index (χ1) is 9.56. The lowest BCUT2D eigenvalue weighted by molar-refractivity contribution is -0.119. The number of aromatic nitrogens is 4. The van der Waals surface area contributed by atoms with Crippen molar-refractivity contribution in [2.75, 3.05) is 5.75 Å². The molecule has 2 aromatic rings. The van der Waals surface area contributed by atoms with Crippen molar-refractivity contribution in [3.8, 4) is 5.69 Å². The summed E-state index contributed by atoms with van der Waals surface area (Å²) in [7, 11) is 0. The zero-order chi connectivity index (χ0) is 14.5. The third kappa shape index (κ3) is 3.80. The molecule has 0 fully saturated rings. The van der Waals surface area contributed by atoms with Gasteiger partial charge in [-0.25, -0.2) is 0 Å². The van der Waals surface area contributed by atoms with Crippen molar-refractivity contribution in [2.24, 2.45) is 0 Å². The minimum Gasteiger partial charge on any atom is -0.353 e. The monoisotopic (exact) mass is 291 g/mol. The fourth-order valence-corrected chi connectivity index (χ4v) is 2.39. The smallest absolute Gasteiger partial charge is 0.230 e. The molecule has 0 spiro atoms. The molecule has 0 saturated heterocycles. The topological polar surface area (TPSA) is 72.7 Å². The molecule has 1 amide bonds. The van der Waals surface area contributed by atoms with Gasteiger partial charge in [0.2, 0.25) is 11.1 Å². The molecule has 1 aromatic carbocycles. The molecule has 0 aliphatic rings. The van der Waals surface area contributed by atoms with Crippen molar-refractivity contribution in [3.63, 3.8) is 0 Å². The minimum absolute atomic E-state index is 0.0243. The number of amides is 1. The first-order valence-corrected chi connectivity index (χ1v) is 7.32. The van der Waals surface area contributed by atoms with Crippen molar-refractivity contribution >= 4 is 17.7 Å². The van der Waals surface area contributed by atoms with Crippen LogP contribution in [0.1, 0.15) is 19.4 Å². The first kappa shape index (κ1) is 14.5. The highest BCUT2D eigenvalue weighted by Crippen LogP contribution is 2.18. The van der Waals surface area contributed by atoms with Crippen LogP contribution in [0.5, 0.6) is 0 Å². The number of tetrazole rings is 1. The van der Waals surface area contributed by atoms with Crippen LogP contribution in [0.4, 0.5) is 0 Å². The summed E-state index contributed by atoms with van der Waals surface area (Å²) in [6, 6.07) is 8.02. The van der Waals surface area contributed by atoms with Gasteiger partial charge in [-0.3, -0.25) is 4.79 Å². The molecule has 1 aromatic heterocycles. The number of hydrogen-bond donors (Lipinski definition) is 1. The van der Waals surface area contributed by atoms with Crippen LogP contribution in [0.15, 0.2) is 29.4 Å². The van der Waals surface area contributed by atoms with Crippen LogP contribution in [-0.2, 0) is 4.79 Å². The van der Waals surface area contributed by atoms with Crippen LogP contribution in [0, 0.1) is 6.92 Å². The van der Waals surface area contributed by atoms with Crippen molar-refractivity contribution in [3.05, 3.63) is 29.8 Å². The average molecular weight is 291 g/mol. The second kappa shape index (κ2) is 6.51. The van der Waals surface area contributed by atoms with Gasteiger partial charge in [0.05, 0.1) is 11.4 Å². The SMILES string of the molecule is Cc1cccc(-n2nnnc2SCC(=O)NC(C)C)c1. The highest BCUT2D eigenvalue weighted by molar-refractivity contribution is 7.99. The zero-order valence-electron chi connectivity index (χ0n) is 11.7. The molecule has 6 nitrogen and oxygen atoms in total. The molecule has 0 unspecified atom stereocenters. The van der Waals surface area contributed by atoms with Crippen molar-refractivity contribution in [1.29, 1.82) is 0 Å². The predicted octanol–water partition coefficient (Wildman–Crippen LogP) is 1.59. The normalized spacial score (nSPS) is 10.8. The summed E-state index contributed by atoms with van der Waals surface area (Å²) < 4.78 is 1.64. The standard InChI is InChI=1S/C13H17N5OS/c1-9(2)14-12(19)8-20-13-15-16-17-18(13)11-6-4-5-10(3)7-11/h4-7,9H,8H2,1-3H3,(H,14,19). The van der Waals surface area contributed by atoms with Gasteiger partial charge in [0.1, 0.15) is 0 Å². The number of hydrogen-bond acceptors (Lipinski definition) is 5. The van der Waals surface area contributed by atoms with E-state index in [1.807, 2.05) is 45.0 Å². The average Bonchev–Trinajstić information content (AvgIpc) is 2.84. The predicted molar refractivity (Wildman–Crippen MR) is 77.9 cm³/mol. The second-order valence-corrected chi connectivity index (χ2v) is 5.67. The Hall–Kier alpha value is -1.89. The number of thioether (sulfide) groups is 1. The van der Waals surface area contributed by atoms with Gasteiger partial charge in [-0.1, -0.05) is 23.9 Å². The van der Waals surface area contributed by atoms with E-state index in [0.717, 1.165) is 11.3 Å². The highest BCUT2D eigenvalue weighted by Gasteiger charge is 2.11. The lowest BCUT2D eigenvalue weighted by Crippen LogP contribution is -2.31. The Labute approximate surface area is 121 Å². The molecule has 0 radical (unpaired) electrons. The molecule has 0 atom stereocenters. The van der Waals surface area contributed by atoms with E-state index in [1.165, 1.54) is 11.8 Å². The van der Waals surface area contributed by atoms with Crippen LogP contribution >= 0.6 is 11.8 Å². The number of carbonyl (C=O) groups excluding carboxylic acids is 1. The molecule has 7 heteroatoms. The van der Waals surface area contributed by atoms with Crippen LogP contribution in [0.3, 0.4) is 0 Å². The van der Waals surface area contributed by atoms with Crippen LogP contribution in [-0.4, -0.2) is 37.9 Å². The fourth-order valence-electron chi connectivity index (χ4n) is 1.68. The van der Waals surface area contributed by atoms with E-state index in [4.69, 9.17) is 0 Å². The van der Waals surface area contributed by atoms with Gasteiger partial charge < -0.3 is 5.32 Å². The minimum atomic E-state index is -0.0243. The number of benzene rings is 1. The Morgan fingerprint density at radius 3 is 2.95 bits per heavy atom. The Morgan fingerprint density at radius 2 is 2.25 bits per heavy atom. The van der Waals surface area contributed by atoms with Crippen LogP contribution < -0.4 is 5.32 Å². The molecule has 1 N–H and O–H groups in total. The molecule has 2 rings (SSSR count). The van der Waals surface area contributed by atoms with Gasteiger partial charge in [0, 0.05) is 6.04 Å². The largest absolute Gasteiger partial charge is 0.353 e. The number of nitrogens with zero attached hydrogens (tertiary/aromatic N) is 4. The van der Waals surface area contributed by atoms with E-state index in [1.54, 1.807) is 4.68 Å². The molecular formula is C13H17N5OS. The molecule has 1 heterocycles. The van der Waals surface area contributed by atoms with E-state index >= 15 is 0 Å². The molecule has 20 heavy (non-hydrogen) atoms. The maximum atomic E-state index is 11.6. The summed E-state index contributed by atoms with van der Waals surface area (Å²) in [6.45, 7) is 5.87. The van der Waals surface area contributed by atoms with E-state index < -0.39 is 0 Å². The first-order valence-electron chi connectivity index (χ1n) is 6.34. The fraction of sp³-hybridized carbons (Fsp3) is 0.385. The van der Waals surface area contributed by atoms with Gasteiger partial charge in [0.25, 0.3) is 0 Å². The van der Waals surface area contributed by atoms with E-state index in [0.29, 0.717) is 10.9 Å². The van der Waals surface area contributed by atoms with Crippen LogP contribution in [0.25, 0.3) is 5.69 Å². The Kier molecular flexibility index (Phi) is 4.73. The summed E-state index contributed by atoms with van der Waals surface area (Å²) in [4.78, 5) is 11.6. The molecule has 0 saturated carbocycles. The lowest BCUT2D eigenvalue weighted by atomic mass is 10.2. The summed E-state index contributed by atoms with van der Waals surface area (Å²) in [5.41, 5.74) is 2.02. The van der Waals surface area contributed by atoms with Gasteiger partial charge in [-0.15, -0.1) is 5.10 Å². The van der Waals surface area contributed by atoms with E-state index in [9.17, 15) is 4.79 Å². The zero-order valence-corrected chi connectivity index (χ0v) is 12.5. The maximum absolute atomic E-state index is 11.6. The number of rotatable bonds is 5. The van der Waals surface area contributed by atoms with Crippen LogP contribution in [0.2, 0.25) is 0 Å². The Morgan fingerprint density at radius 1 is 1.45 bits per heavy atom. The molecule has 106 valence electrons. The van der Waals surface area contributed by atoms with Gasteiger partial charge in [-0.2, -0.15) is 4.68 Å². The number of nitrogens with one attached hydrogen (secondary N) is 1. The molecular weight excluding hydrogens is 274 g/mol. The van der Waals surface area contributed by atoms with Gasteiger partial charge in [0.15, 0.2) is 0 Å². The lowest BCUT2D eigenvalue weighted by Gasteiger charge is -2.08. The summed E-state index contributed by atoms with van der Waals surface area (Å²) in [5.74, 6) is 0.272. The van der Waals surface area contributed by atoms with Crippen molar-refractivity contribution in [2.45, 2.75) is 32.0 Å². The van der Waals surface area contributed by atoms with Crippen molar-refractivity contribution < 1.29 is 4.79 Å². The quantitative estimate of drug-likeness (QED) is 0.847. The third-order valence-electron chi connectivity index (χ3n) is 2.47. The third-order valence-corrected chi connectivity index (χ3v) is 3.39. The number of carbonyl (C=O) groups is 1. The van der Waals surface area contributed by atoms with E-state index in [-0.39, 0.29) is 11.9 Å². The Balaban J connectivity index is 2.08. The molecule has 0 aliphatic heterocycles. The van der Waals surface area contributed by atoms with Crippen molar-refractivity contribution in [1.82, 2.24) is 25.5 Å². The molecule has 0 bridgehead atoms. The van der Waals surface area contributed by atoms with Gasteiger partial charge >= 0.3 is 0 Å².